The van der Waals surface area contributed by atoms with Crippen molar-refractivity contribution in [1.82, 2.24) is 0 Å². The van der Waals surface area contributed by atoms with E-state index in [9.17, 15) is 14.4 Å². The fourth-order valence-corrected chi connectivity index (χ4v) is 9.39. The van der Waals surface area contributed by atoms with Crippen molar-refractivity contribution in [3.63, 3.8) is 0 Å². The fourth-order valence-electron chi connectivity index (χ4n) is 9.39. The van der Waals surface area contributed by atoms with E-state index in [-0.39, 0.29) is 31.1 Å². The number of esters is 3. The molecular weight excluding hydrogens is 877 g/mol. The highest BCUT2D eigenvalue weighted by atomic mass is 16.6. The number of ether oxygens (including phenoxy) is 3. The van der Waals surface area contributed by atoms with Gasteiger partial charge in [-0.25, -0.2) is 0 Å². The van der Waals surface area contributed by atoms with E-state index in [0.29, 0.717) is 19.3 Å². The van der Waals surface area contributed by atoms with E-state index < -0.39 is 6.10 Å². The lowest BCUT2D eigenvalue weighted by molar-refractivity contribution is -0.167. The van der Waals surface area contributed by atoms with Crippen LogP contribution < -0.4 is 0 Å². The second-order valence-corrected chi connectivity index (χ2v) is 21.3. The van der Waals surface area contributed by atoms with Gasteiger partial charge in [0.15, 0.2) is 6.10 Å². The molecule has 6 heteroatoms. The normalized spacial score (nSPS) is 12.2. The third-order valence-electron chi connectivity index (χ3n) is 14.1. The van der Waals surface area contributed by atoms with Crippen LogP contribution in [0.2, 0.25) is 0 Å². The summed E-state index contributed by atoms with van der Waals surface area (Å²) in [6.45, 7) is 6.66. The van der Waals surface area contributed by atoms with Gasteiger partial charge in [0.2, 0.25) is 0 Å². The van der Waals surface area contributed by atoms with Crippen LogP contribution in [0.5, 0.6) is 0 Å². The van der Waals surface area contributed by atoms with Gasteiger partial charge in [0.1, 0.15) is 13.2 Å². The second-order valence-electron chi connectivity index (χ2n) is 21.3. The lowest BCUT2D eigenvalue weighted by Gasteiger charge is -2.18. The Kier molecular flexibility index (Phi) is 58.2. The molecule has 1 atom stereocenters. The molecule has 0 aliphatic rings. The van der Waals surface area contributed by atoms with Crippen molar-refractivity contribution in [2.24, 2.45) is 0 Å². The highest BCUT2D eigenvalue weighted by molar-refractivity contribution is 5.71. The molecule has 0 N–H and O–H groups in total. The first-order valence-corrected chi connectivity index (χ1v) is 31.5. The third kappa shape index (κ3) is 58.4. The molecule has 0 aromatic rings. The second kappa shape index (κ2) is 60.2. The Labute approximate surface area is 442 Å². The van der Waals surface area contributed by atoms with Gasteiger partial charge in [-0.1, -0.05) is 301 Å². The molecule has 0 bridgehead atoms. The molecule has 0 radical (unpaired) electrons. The highest BCUT2D eigenvalue weighted by Crippen LogP contribution is 2.18. The number of unbranched alkanes of at least 4 members (excludes halogenated alkanes) is 41. The van der Waals surface area contributed by atoms with E-state index in [4.69, 9.17) is 14.2 Å². The number of rotatable bonds is 58. The van der Waals surface area contributed by atoms with E-state index in [1.165, 1.54) is 218 Å². The van der Waals surface area contributed by atoms with Crippen LogP contribution in [-0.4, -0.2) is 37.2 Å². The largest absolute Gasteiger partial charge is 0.462 e. The summed E-state index contributed by atoms with van der Waals surface area (Å²) < 4.78 is 16.9. The molecule has 0 unspecified atom stereocenters. The topological polar surface area (TPSA) is 78.9 Å². The summed E-state index contributed by atoms with van der Waals surface area (Å²) in [6.07, 6.45) is 72.8. The van der Waals surface area contributed by atoms with Crippen LogP contribution >= 0.6 is 0 Å². The van der Waals surface area contributed by atoms with Crippen LogP contribution in [0, 0.1) is 0 Å². The van der Waals surface area contributed by atoms with Gasteiger partial charge in [-0.2, -0.15) is 0 Å². The molecule has 0 aromatic heterocycles. The van der Waals surface area contributed by atoms with Gasteiger partial charge in [0.25, 0.3) is 0 Å². The molecule has 0 saturated heterocycles. The van der Waals surface area contributed by atoms with Crippen molar-refractivity contribution in [3.8, 4) is 0 Å². The fraction of sp³-hybridized carbons (Fsp3) is 0.862. The minimum absolute atomic E-state index is 0.0739. The van der Waals surface area contributed by atoms with Crippen LogP contribution in [-0.2, 0) is 28.6 Å². The van der Waals surface area contributed by atoms with E-state index in [1.807, 2.05) is 0 Å². The summed E-state index contributed by atoms with van der Waals surface area (Å²) in [5, 5.41) is 0. The first-order valence-electron chi connectivity index (χ1n) is 31.5. The van der Waals surface area contributed by atoms with Gasteiger partial charge in [-0.05, 0) is 57.8 Å². The zero-order valence-electron chi connectivity index (χ0n) is 47.8. The smallest absolute Gasteiger partial charge is 0.306 e. The average Bonchev–Trinajstić information content (AvgIpc) is 3.37. The van der Waals surface area contributed by atoms with E-state index in [1.54, 1.807) is 0 Å². The average molecular weight is 998 g/mol. The van der Waals surface area contributed by atoms with Crippen molar-refractivity contribution < 1.29 is 28.6 Å². The maximum Gasteiger partial charge on any atom is 0.306 e. The molecule has 0 aliphatic heterocycles. The zero-order valence-corrected chi connectivity index (χ0v) is 47.8. The predicted octanol–water partition coefficient (Wildman–Crippen LogP) is 21.2. The Morgan fingerprint density at radius 1 is 0.282 bits per heavy atom. The molecule has 0 aromatic carbocycles. The summed E-state index contributed by atoms with van der Waals surface area (Å²) in [5.74, 6) is -0.871. The van der Waals surface area contributed by atoms with Crippen LogP contribution in [0.15, 0.2) is 36.5 Å². The summed E-state index contributed by atoms with van der Waals surface area (Å²) in [6, 6.07) is 0. The van der Waals surface area contributed by atoms with E-state index in [0.717, 1.165) is 83.5 Å². The van der Waals surface area contributed by atoms with Crippen molar-refractivity contribution in [2.75, 3.05) is 13.2 Å². The monoisotopic (exact) mass is 997 g/mol. The van der Waals surface area contributed by atoms with Gasteiger partial charge in [-0.15, -0.1) is 0 Å². The Balaban J connectivity index is 4.35. The Morgan fingerprint density at radius 2 is 0.507 bits per heavy atom. The zero-order chi connectivity index (χ0) is 51.4. The van der Waals surface area contributed by atoms with Crippen LogP contribution in [0.4, 0.5) is 0 Å². The maximum atomic E-state index is 12.9. The number of carbonyl (C=O) groups is 3. The molecule has 0 rings (SSSR count). The van der Waals surface area contributed by atoms with Gasteiger partial charge in [-0.3, -0.25) is 14.4 Å². The maximum absolute atomic E-state index is 12.9. The lowest BCUT2D eigenvalue weighted by atomic mass is 10.0. The standard InChI is InChI=1S/C65H120O6/c1-4-7-10-13-16-19-22-25-28-31-34-37-40-43-46-49-52-55-58-64(67)70-61-62(60-69-63(66)57-54-51-48-45-42-39-36-33-30-27-24-21-18-15-12-9-6-3)71-65(68)59-56-53-50-47-44-41-38-35-32-29-26-23-20-17-14-11-8-5-2/h18,21,27,30,36,39,62H,4-17,19-20,22-26,28-29,31-35,37-38,40-61H2,1-3H3/b21-18-,30-27-,39-36-/t62-/m1/s1. The van der Waals surface area contributed by atoms with E-state index >= 15 is 0 Å². The minimum Gasteiger partial charge on any atom is -0.462 e. The summed E-state index contributed by atoms with van der Waals surface area (Å²) in [4.78, 5) is 38.3. The molecule has 0 saturated carbocycles. The van der Waals surface area contributed by atoms with Gasteiger partial charge in [0, 0.05) is 19.3 Å². The molecule has 0 aliphatic carbocycles. The molecule has 6 nitrogen and oxygen atoms in total. The Bertz CT molecular complexity index is 1190. The van der Waals surface area contributed by atoms with Crippen molar-refractivity contribution in [1.29, 1.82) is 0 Å². The molecule has 0 heterocycles. The van der Waals surface area contributed by atoms with Gasteiger partial charge < -0.3 is 14.2 Å². The molecular formula is C65H120O6. The molecule has 0 amide bonds. The van der Waals surface area contributed by atoms with Crippen molar-refractivity contribution in [3.05, 3.63) is 36.5 Å². The van der Waals surface area contributed by atoms with Crippen LogP contribution in [0.25, 0.3) is 0 Å². The summed E-state index contributed by atoms with van der Waals surface area (Å²) >= 11 is 0. The minimum atomic E-state index is -0.778. The molecule has 416 valence electrons. The summed E-state index contributed by atoms with van der Waals surface area (Å²) in [5.41, 5.74) is 0. The summed E-state index contributed by atoms with van der Waals surface area (Å²) in [7, 11) is 0. The third-order valence-corrected chi connectivity index (χ3v) is 14.1. The highest BCUT2D eigenvalue weighted by Gasteiger charge is 2.19. The van der Waals surface area contributed by atoms with Crippen molar-refractivity contribution in [2.45, 2.75) is 348 Å². The number of allylic oxidation sites excluding steroid dienone is 6. The first-order chi connectivity index (χ1) is 35.0. The first kappa shape index (κ1) is 68.6. The van der Waals surface area contributed by atoms with Crippen LogP contribution in [0.1, 0.15) is 342 Å². The Hall–Kier alpha value is -2.37. The molecule has 0 spiro atoms. The molecule has 0 fully saturated rings. The number of hydrogen-bond acceptors (Lipinski definition) is 6. The number of hydrogen-bond donors (Lipinski definition) is 0. The van der Waals surface area contributed by atoms with Gasteiger partial charge in [0.05, 0.1) is 0 Å². The van der Waals surface area contributed by atoms with Gasteiger partial charge >= 0.3 is 17.9 Å². The quantitative estimate of drug-likeness (QED) is 0.0261. The van der Waals surface area contributed by atoms with E-state index in [2.05, 4.69) is 57.2 Å². The SMILES string of the molecule is CCCCC/C=C\C/C=C\C/C=C\CCCCCCC(=O)OC[C@H](COC(=O)CCCCCCCCCCCCCCCCCCCC)OC(=O)CCCCCCCCCCCCCCCCCCCC. The van der Waals surface area contributed by atoms with Crippen LogP contribution in [0.3, 0.4) is 0 Å². The Morgan fingerprint density at radius 3 is 0.817 bits per heavy atom. The lowest BCUT2D eigenvalue weighted by Crippen LogP contribution is -2.30. The molecule has 71 heavy (non-hydrogen) atoms. The number of carbonyl (C=O) groups excluding carboxylic acids is 3. The van der Waals surface area contributed by atoms with Crippen molar-refractivity contribution >= 4 is 17.9 Å². The predicted molar refractivity (Wildman–Crippen MR) is 307 cm³/mol.